The van der Waals surface area contributed by atoms with E-state index in [4.69, 9.17) is 4.74 Å². The third-order valence-electron chi connectivity index (χ3n) is 2.77. The van der Waals surface area contributed by atoms with Crippen LogP contribution in [0.3, 0.4) is 0 Å². The second-order valence-corrected chi connectivity index (χ2v) is 4.69. The van der Waals surface area contributed by atoms with Gasteiger partial charge in [0.1, 0.15) is 0 Å². The number of nitrogens with one attached hydrogen (secondary N) is 2. The molecule has 2 amide bonds. The fourth-order valence-electron chi connectivity index (χ4n) is 1.83. The molecule has 7 nitrogen and oxygen atoms in total. The zero-order chi connectivity index (χ0) is 14.5. The molecular formula is C13H19N5O2. The summed E-state index contributed by atoms with van der Waals surface area (Å²) < 4.78 is 6.70. The van der Waals surface area contributed by atoms with Gasteiger partial charge >= 0.3 is 6.03 Å². The summed E-state index contributed by atoms with van der Waals surface area (Å²) in [5.41, 5.74) is 1.45. The van der Waals surface area contributed by atoms with Gasteiger partial charge in [-0.1, -0.05) is 0 Å². The standard InChI is InChI=1S/C13H19N5O2/c1-9(2)18-12-10(7-16-18)6-11(8-15-12)17-13(19)14-4-5-20-3/h6-9H,4-5H2,1-3H3,(H2,14,17,19). The van der Waals surface area contributed by atoms with E-state index >= 15 is 0 Å². The van der Waals surface area contributed by atoms with Crippen molar-refractivity contribution in [3.63, 3.8) is 0 Å². The molecule has 2 heterocycles. The second-order valence-electron chi connectivity index (χ2n) is 4.69. The average Bonchev–Trinajstić information content (AvgIpc) is 2.82. The molecule has 2 N–H and O–H groups in total. The van der Waals surface area contributed by atoms with E-state index in [9.17, 15) is 4.79 Å². The highest BCUT2D eigenvalue weighted by atomic mass is 16.5. The van der Waals surface area contributed by atoms with Crippen LogP contribution in [0.4, 0.5) is 10.5 Å². The van der Waals surface area contributed by atoms with Crippen LogP contribution in [0.15, 0.2) is 18.5 Å². The maximum absolute atomic E-state index is 11.6. The molecule has 2 aromatic rings. The molecule has 7 heteroatoms. The van der Waals surface area contributed by atoms with Gasteiger partial charge in [0.2, 0.25) is 0 Å². The van der Waals surface area contributed by atoms with E-state index in [1.54, 1.807) is 19.5 Å². The van der Waals surface area contributed by atoms with Crippen molar-refractivity contribution in [2.45, 2.75) is 19.9 Å². The van der Waals surface area contributed by atoms with Crippen LogP contribution in [0.5, 0.6) is 0 Å². The van der Waals surface area contributed by atoms with E-state index in [0.717, 1.165) is 11.0 Å². The summed E-state index contributed by atoms with van der Waals surface area (Å²) in [6.45, 7) is 5.03. The number of urea groups is 1. The van der Waals surface area contributed by atoms with E-state index in [1.165, 1.54) is 0 Å². The fraction of sp³-hybridized carbons (Fsp3) is 0.462. The summed E-state index contributed by atoms with van der Waals surface area (Å²) in [4.78, 5) is 16.0. The quantitative estimate of drug-likeness (QED) is 0.816. The Labute approximate surface area is 117 Å². The van der Waals surface area contributed by atoms with Crippen molar-refractivity contribution in [2.75, 3.05) is 25.6 Å². The van der Waals surface area contributed by atoms with E-state index in [0.29, 0.717) is 18.8 Å². The summed E-state index contributed by atoms with van der Waals surface area (Å²) >= 11 is 0. The number of amides is 2. The van der Waals surface area contributed by atoms with Crippen molar-refractivity contribution in [1.82, 2.24) is 20.1 Å². The molecule has 0 aliphatic rings. The van der Waals surface area contributed by atoms with Crippen molar-refractivity contribution in [3.8, 4) is 0 Å². The van der Waals surface area contributed by atoms with E-state index in [2.05, 4.69) is 20.7 Å². The molecule has 2 aromatic heterocycles. The summed E-state index contributed by atoms with van der Waals surface area (Å²) in [5, 5.41) is 10.6. The van der Waals surface area contributed by atoms with Crippen molar-refractivity contribution >= 4 is 22.8 Å². The lowest BCUT2D eigenvalue weighted by molar-refractivity contribution is 0.198. The maximum atomic E-state index is 11.6. The number of fused-ring (bicyclic) bond motifs is 1. The van der Waals surface area contributed by atoms with Crippen LogP contribution in [0.1, 0.15) is 19.9 Å². The highest BCUT2D eigenvalue weighted by Gasteiger charge is 2.08. The van der Waals surface area contributed by atoms with Crippen LogP contribution < -0.4 is 10.6 Å². The molecule has 0 atom stereocenters. The largest absolute Gasteiger partial charge is 0.383 e. The Bertz CT molecular complexity index is 593. The van der Waals surface area contributed by atoms with Crippen molar-refractivity contribution < 1.29 is 9.53 Å². The third kappa shape index (κ3) is 3.24. The number of ether oxygens (including phenoxy) is 1. The lowest BCUT2D eigenvalue weighted by atomic mass is 10.3. The van der Waals surface area contributed by atoms with Crippen LogP contribution in [-0.2, 0) is 4.74 Å². The molecule has 0 unspecified atom stereocenters. The molecule has 0 saturated carbocycles. The van der Waals surface area contributed by atoms with Gasteiger partial charge in [-0.25, -0.2) is 14.5 Å². The number of methoxy groups -OCH3 is 1. The Balaban J connectivity index is 2.07. The lowest BCUT2D eigenvalue weighted by Crippen LogP contribution is -2.31. The average molecular weight is 277 g/mol. The van der Waals surface area contributed by atoms with Crippen molar-refractivity contribution in [2.24, 2.45) is 0 Å². The smallest absolute Gasteiger partial charge is 0.319 e. The number of carbonyl (C=O) groups is 1. The molecule has 0 aliphatic heterocycles. The zero-order valence-electron chi connectivity index (χ0n) is 11.9. The number of hydrogen-bond donors (Lipinski definition) is 2. The minimum Gasteiger partial charge on any atom is -0.383 e. The Kier molecular flexibility index (Phi) is 4.52. The monoisotopic (exact) mass is 277 g/mol. The van der Waals surface area contributed by atoms with Gasteiger partial charge in [0.25, 0.3) is 0 Å². The van der Waals surface area contributed by atoms with Crippen molar-refractivity contribution in [3.05, 3.63) is 18.5 Å². The van der Waals surface area contributed by atoms with Crippen LogP contribution in [-0.4, -0.2) is 41.1 Å². The highest BCUT2D eigenvalue weighted by Crippen LogP contribution is 2.18. The van der Waals surface area contributed by atoms with Gasteiger partial charge in [0.15, 0.2) is 5.65 Å². The molecule has 0 saturated heterocycles. The first-order valence-corrected chi connectivity index (χ1v) is 6.49. The number of aromatic nitrogens is 3. The van der Waals surface area contributed by atoms with Crippen LogP contribution in [0, 0.1) is 0 Å². The summed E-state index contributed by atoms with van der Waals surface area (Å²) in [7, 11) is 1.59. The van der Waals surface area contributed by atoms with Gasteiger partial charge in [0, 0.05) is 25.1 Å². The second kappa shape index (κ2) is 6.33. The number of rotatable bonds is 5. The molecule has 2 rings (SSSR count). The van der Waals surface area contributed by atoms with Gasteiger partial charge in [0.05, 0.1) is 24.7 Å². The molecule has 0 spiro atoms. The summed E-state index contributed by atoms with van der Waals surface area (Å²) in [6.07, 6.45) is 3.37. The number of anilines is 1. The first-order valence-electron chi connectivity index (χ1n) is 6.49. The number of pyridine rings is 1. The SMILES string of the molecule is COCCNC(=O)Nc1cnc2c(cnn2C(C)C)c1. The lowest BCUT2D eigenvalue weighted by Gasteiger charge is -2.08. The van der Waals surface area contributed by atoms with Crippen LogP contribution in [0.2, 0.25) is 0 Å². The Morgan fingerprint density at radius 1 is 1.45 bits per heavy atom. The third-order valence-corrected chi connectivity index (χ3v) is 2.77. The Morgan fingerprint density at radius 2 is 2.25 bits per heavy atom. The van der Waals surface area contributed by atoms with E-state index in [1.807, 2.05) is 24.6 Å². The molecular weight excluding hydrogens is 258 g/mol. The molecule has 0 radical (unpaired) electrons. The maximum Gasteiger partial charge on any atom is 0.319 e. The predicted octanol–water partition coefficient (Wildman–Crippen LogP) is 1.78. The number of carbonyl (C=O) groups excluding carboxylic acids is 1. The van der Waals surface area contributed by atoms with Gasteiger partial charge in [-0.3, -0.25) is 0 Å². The van der Waals surface area contributed by atoms with Gasteiger partial charge in [-0.05, 0) is 19.9 Å². The van der Waals surface area contributed by atoms with Gasteiger partial charge in [-0.15, -0.1) is 0 Å². The normalized spacial score (nSPS) is 11.0. The summed E-state index contributed by atoms with van der Waals surface area (Å²) in [6, 6.07) is 1.82. The molecule has 20 heavy (non-hydrogen) atoms. The molecule has 0 aromatic carbocycles. The zero-order valence-corrected chi connectivity index (χ0v) is 11.9. The molecule has 108 valence electrons. The van der Waals surface area contributed by atoms with Gasteiger partial charge < -0.3 is 15.4 Å². The van der Waals surface area contributed by atoms with Crippen LogP contribution in [0.25, 0.3) is 11.0 Å². The van der Waals surface area contributed by atoms with Crippen LogP contribution >= 0.6 is 0 Å². The topological polar surface area (TPSA) is 81.1 Å². The minimum atomic E-state index is -0.278. The number of nitrogens with zero attached hydrogens (tertiary/aromatic N) is 3. The molecule has 0 aliphatic carbocycles. The fourth-order valence-corrected chi connectivity index (χ4v) is 1.83. The first-order chi connectivity index (χ1) is 9.61. The van der Waals surface area contributed by atoms with E-state index in [-0.39, 0.29) is 12.1 Å². The summed E-state index contributed by atoms with van der Waals surface area (Å²) in [5.74, 6) is 0. The number of hydrogen-bond acceptors (Lipinski definition) is 4. The van der Waals surface area contributed by atoms with Gasteiger partial charge in [-0.2, -0.15) is 5.10 Å². The first kappa shape index (κ1) is 14.3. The van der Waals surface area contributed by atoms with Crippen molar-refractivity contribution in [1.29, 1.82) is 0 Å². The Morgan fingerprint density at radius 3 is 2.95 bits per heavy atom. The Hall–Kier alpha value is -2.15. The predicted molar refractivity (Wildman–Crippen MR) is 76.8 cm³/mol. The highest BCUT2D eigenvalue weighted by molar-refractivity contribution is 5.91. The molecule has 0 bridgehead atoms. The minimum absolute atomic E-state index is 0.246. The van der Waals surface area contributed by atoms with E-state index < -0.39 is 0 Å². The molecule has 0 fully saturated rings.